The molecule has 5 heteroatoms. The van der Waals surface area contributed by atoms with Crippen LogP contribution in [0.25, 0.3) is 0 Å². The molecule has 0 aliphatic rings. The highest BCUT2D eigenvalue weighted by atomic mass is 16.6. The van der Waals surface area contributed by atoms with Gasteiger partial charge in [-0.2, -0.15) is 0 Å². The lowest BCUT2D eigenvalue weighted by Gasteiger charge is -2.18. The molecule has 1 unspecified atom stereocenters. The van der Waals surface area contributed by atoms with E-state index in [4.69, 9.17) is 14.2 Å². The van der Waals surface area contributed by atoms with Crippen LogP contribution in [0.2, 0.25) is 0 Å². The van der Waals surface area contributed by atoms with Crippen molar-refractivity contribution in [1.82, 2.24) is 0 Å². The van der Waals surface area contributed by atoms with Crippen LogP contribution in [0.3, 0.4) is 0 Å². The van der Waals surface area contributed by atoms with Crippen molar-refractivity contribution in [2.24, 2.45) is 0 Å². The average Bonchev–Trinajstić information content (AvgIpc) is 3.22. The summed E-state index contributed by atoms with van der Waals surface area (Å²) >= 11 is 0. The number of ether oxygens (including phenoxy) is 3. The van der Waals surface area contributed by atoms with E-state index < -0.39 is 6.10 Å². The van der Waals surface area contributed by atoms with E-state index in [1.165, 1.54) is 109 Å². The number of allylic oxidation sites excluding steroid dienone is 10. The summed E-state index contributed by atoms with van der Waals surface area (Å²) in [7, 11) is 0. The van der Waals surface area contributed by atoms with E-state index in [1.54, 1.807) is 0 Å². The van der Waals surface area contributed by atoms with Crippen LogP contribution in [0.15, 0.2) is 60.8 Å². The Morgan fingerprint density at radius 2 is 0.793 bits per heavy atom. The minimum absolute atomic E-state index is 0.0704. The molecule has 0 aromatic rings. The Morgan fingerprint density at radius 1 is 0.397 bits per heavy atom. The van der Waals surface area contributed by atoms with Crippen molar-refractivity contribution in [3.63, 3.8) is 0 Å². The summed E-state index contributed by atoms with van der Waals surface area (Å²) in [5, 5.41) is 0. The normalized spacial score (nSPS) is 12.7. The van der Waals surface area contributed by atoms with Crippen molar-refractivity contribution in [2.45, 2.75) is 245 Å². The van der Waals surface area contributed by atoms with Crippen LogP contribution in [0, 0.1) is 0 Å². The molecule has 0 saturated heterocycles. The fourth-order valence-electron chi connectivity index (χ4n) is 6.83. The van der Waals surface area contributed by atoms with Crippen molar-refractivity contribution in [3.05, 3.63) is 60.8 Å². The summed E-state index contributed by atoms with van der Waals surface area (Å²) in [6, 6.07) is 0. The van der Waals surface area contributed by atoms with Gasteiger partial charge in [-0.15, -0.1) is 0 Å². The van der Waals surface area contributed by atoms with Gasteiger partial charge in [-0.1, -0.05) is 210 Å². The highest BCUT2D eigenvalue weighted by Gasteiger charge is 2.17. The molecule has 0 spiro atoms. The van der Waals surface area contributed by atoms with Gasteiger partial charge in [-0.3, -0.25) is 9.59 Å². The van der Waals surface area contributed by atoms with Gasteiger partial charge in [0.2, 0.25) is 0 Å². The monoisotopic (exact) mass is 811 g/mol. The van der Waals surface area contributed by atoms with Gasteiger partial charge < -0.3 is 14.2 Å². The highest BCUT2D eigenvalue weighted by molar-refractivity contribution is 5.70. The number of hydrogen-bond donors (Lipinski definition) is 0. The molecular formula is C53H94O5. The van der Waals surface area contributed by atoms with Crippen LogP contribution in [0.5, 0.6) is 0 Å². The minimum atomic E-state index is -0.548. The Bertz CT molecular complexity index is 1010. The maximum Gasteiger partial charge on any atom is 0.306 e. The molecule has 0 heterocycles. The first-order valence-electron chi connectivity index (χ1n) is 24.8. The first-order valence-corrected chi connectivity index (χ1v) is 24.8. The van der Waals surface area contributed by atoms with Gasteiger partial charge in [0.05, 0.1) is 6.61 Å². The van der Waals surface area contributed by atoms with Crippen LogP contribution in [0.1, 0.15) is 239 Å². The molecule has 0 amide bonds. The summed E-state index contributed by atoms with van der Waals surface area (Å²) in [6.07, 6.45) is 60.8. The highest BCUT2D eigenvalue weighted by Crippen LogP contribution is 2.14. The standard InChI is InChI=1S/C53H94O5/c1-4-7-10-13-16-19-22-24-26-27-28-29-32-34-37-40-43-46-52(54)57-50-51(58-53(55)47-44-41-38-35-31-21-18-15-12-9-6-3)49-56-48-45-42-39-36-33-30-25-23-20-17-14-11-8-5-2/h7,10,15-16,18-19,24,26,28-29,51H,4-6,8-9,11-14,17,20-23,25,27,30-50H2,1-3H3/b10-7-,18-15-,19-16-,26-24-,29-28-. The van der Waals surface area contributed by atoms with Crippen LogP contribution in [-0.2, 0) is 23.8 Å². The third kappa shape index (κ3) is 46.3. The minimum Gasteiger partial charge on any atom is -0.462 e. The van der Waals surface area contributed by atoms with Gasteiger partial charge in [-0.25, -0.2) is 0 Å². The van der Waals surface area contributed by atoms with E-state index in [1.807, 2.05) is 0 Å². The van der Waals surface area contributed by atoms with Gasteiger partial charge in [0.1, 0.15) is 6.61 Å². The third-order valence-electron chi connectivity index (χ3n) is 10.5. The lowest BCUT2D eigenvalue weighted by molar-refractivity contribution is -0.163. The zero-order valence-corrected chi connectivity index (χ0v) is 38.6. The van der Waals surface area contributed by atoms with Gasteiger partial charge in [0, 0.05) is 19.4 Å². The van der Waals surface area contributed by atoms with Gasteiger partial charge in [-0.05, 0) is 77.0 Å². The Morgan fingerprint density at radius 3 is 1.31 bits per heavy atom. The summed E-state index contributed by atoms with van der Waals surface area (Å²) < 4.78 is 17.3. The van der Waals surface area contributed by atoms with Crippen molar-refractivity contribution < 1.29 is 23.8 Å². The van der Waals surface area contributed by atoms with Gasteiger partial charge >= 0.3 is 11.9 Å². The average molecular weight is 811 g/mol. The van der Waals surface area contributed by atoms with Crippen LogP contribution >= 0.6 is 0 Å². The first kappa shape index (κ1) is 55.6. The summed E-state index contributed by atoms with van der Waals surface area (Å²) in [4.78, 5) is 25.3. The lowest BCUT2D eigenvalue weighted by Crippen LogP contribution is -2.30. The number of carbonyl (C=O) groups is 2. The Hall–Kier alpha value is -2.40. The molecule has 0 fully saturated rings. The number of unbranched alkanes of at least 4 members (excludes halogenated alkanes) is 24. The zero-order chi connectivity index (χ0) is 42.1. The van der Waals surface area contributed by atoms with Crippen LogP contribution in [-0.4, -0.2) is 37.9 Å². The number of rotatable bonds is 45. The molecule has 0 N–H and O–H groups in total. The van der Waals surface area contributed by atoms with E-state index in [9.17, 15) is 9.59 Å². The molecule has 0 aromatic carbocycles. The first-order chi connectivity index (χ1) is 28.6. The quantitative estimate of drug-likeness (QED) is 0.0348. The number of esters is 2. The fourth-order valence-corrected chi connectivity index (χ4v) is 6.83. The van der Waals surface area contributed by atoms with Gasteiger partial charge in [0.25, 0.3) is 0 Å². The molecule has 0 bridgehead atoms. The number of carbonyl (C=O) groups excluding carboxylic acids is 2. The second-order valence-electron chi connectivity index (χ2n) is 16.3. The molecule has 0 aromatic heterocycles. The molecule has 5 nitrogen and oxygen atoms in total. The Balaban J connectivity index is 4.28. The Labute approximate surface area is 360 Å². The number of hydrogen-bond acceptors (Lipinski definition) is 5. The van der Waals surface area contributed by atoms with E-state index in [-0.39, 0.29) is 25.2 Å². The smallest absolute Gasteiger partial charge is 0.306 e. The second-order valence-corrected chi connectivity index (χ2v) is 16.3. The van der Waals surface area contributed by atoms with Crippen molar-refractivity contribution in [2.75, 3.05) is 19.8 Å². The SMILES string of the molecule is CC/C=C\C/C=C\C/C=C\C/C=C\CCCCCCC(=O)OCC(COCCCCCCCCCCCCCCCC)OC(=O)CCCCCCC/C=C\CCCC. The topological polar surface area (TPSA) is 61.8 Å². The van der Waals surface area contributed by atoms with E-state index in [0.29, 0.717) is 19.4 Å². The molecule has 1 atom stereocenters. The molecule has 0 saturated carbocycles. The van der Waals surface area contributed by atoms with Crippen molar-refractivity contribution >= 4 is 11.9 Å². The van der Waals surface area contributed by atoms with Gasteiger partial charge in [0.15, 0.2) is 6.10 Å². The zero-order valence-electron chi connectivity index (χ0n) is 38.6. The third-order valence-corrected chi connectivity index (χ3v) is 10.5. The van der Waals surface area contributed by atoms with Crippen molar-refractivity contribution in [3.8, 4) is 0 Å². The molecule has 58 heavy (non-hydrogen) atoms. The molecular weight excluding hydrogens is 717 g/mol. The predicted molar refractivity (Wildman–Crippen MR) is 251 cm³/mol. The molecule has 336 valence electrons. The predicted octanol–water partition coefficient (Wildman–Crippen LogP) is 16.6. The maximum atomic E-state index is 12.7. The molecule has 0 aliphatic heterocycles. The largest absolute Gasteiger partial charge is 0.462 e. The van der Waals surface area contributed by atoms with E-state index >= 15 is 0 Å². The van der Waals surface area contributed by atoms with Crippen LogP contribution < -0.4 is 0 Å². The van der Waals surface area contributed by atoms with E-state index in [0.717, 1.165) is 96.3 Å². The summed E-state index contributed by atoms with van der Waals surface area (Å²) in [6.45, 7) is 7.66. The summed E-state index contributed by atoms with van der Waals surface area (Å²) in [5.74, 6) is -0.430. The van der Waals surface area contributed by atoms with Crippen LogP contribution in [0.4, 0.5) is 0 Å². The van der Waals surface area contributed by atoms with E-state index in [2.05, 4.69) is 81.5 Å². The second kappa shape index (κ2) is 49.0. The molecule has 0 aliphatic carbocycles. The maximum absolute atomic E-state index is 12.7. The fraction of sp³-hybridized carbons (Fsp3) is 0.774. The molecule has 0 rings (SSSR count). The van der Waals surface area contributed by atoms with Crippen molar-refractivity contribution in [1.29, 1.82) is 0 Å². The molecule has 0 radical (unpaired) electrons. The summed E-state index contributed by atoms with van der Waals surface area (Å²) in [5.41, 5.74) is 0. The lowest BCUT2D eigenvalue weighted by atomic mass is 10.0. The Kier molecular flexibility index (Phi) is 46.9.